The Morgan fingerprint density at radius 1 is 1.50 bits per heavy atom. The van der Waals surface area contributed by atoms with Crippen LogP contribution in [0.25, 0.3) is 0 Å². The fourth-order valence-corrected chi connectivity index (χ4v) is 1.87. The van der Waals surface area contributed by atoms with Crippen LogP contribution in [0.15, 0.2) is 0 Å². The van der Waals surface area contributed by atoms with Gasteiger partial charge in [-0.05, 0) is 12.8 Å². The number of aliphatic hydroxyl groups excluding tert-OH is 2. The Morgan fingerprint density at radius 3 is 2.57 bits per heavy atom. The van der Waals surface area contributed by atoms with Crippen LogP contribution < -0.4 is 5.32 Å². The molecule has 4 nitrogen and oxygen atoms in total. The first-order valence-electron chi connectivity index (χ1n) is 5.16. The fourth-order valence-electron chi connectivity index (χ4n) is 1.87. The van der Waals surface area contributed by atoms with Crippen molar-refractivity contribution in [2.24, 2.45) is 5.41 Å². The van der Waals surface area contributed by atoms with Crippen molar-refractivity contribution in [2.75, 3.05) is 13.2 Å². The van der Waals surface area contributed by atoms with Crippen LogP contribution in [0.1, 0.15) is 32.6 Å². The van der Waals surface area contributed by atoms with Gasteiger partial charge in [-0.1, -0.05) is 19.8 Å². The molecule has 1 atom stereocenters. The molecule has 0 bridgehead atoms. The lowest BCUT2D eigenvalue weighted by Gasteiger charge is -2.22. The molecular weight excluding hydrogens is 182 g/mol. The van der Waals surface area contributed by atoms with Crippen molar-refractivity contribution in [3.05, 3.63) is 0 Å². The van der Waals surface area contributed by atoms with Crippen LogP contribution in [0.5, 0.6) is 0 Å². The number of rotatable bonds is 4. The molecule has 82 valence electrons. The average molecular weight is 201 g/mol. The second-order valence-corrected chi connectivity index (χ2v) is 4.31. The molecule has 1 amide bonds. The first-order valence-corrected chi connectivity index (χ1v) is 5.16. The lowest BCUT2D eigenvalue weighted by Crippen LogP contribution is -2.41. The highest BCUT2D eigenvalue weighted by atomic mass is 16.3. The molecular formula is C10H19NO3. The van der Waals surface area contributed by atoms with Gasteiger partial charge in [0.2, 0.25) is 5.91 Å². The summed E-state index contributed by atoms with van der Waals surface area (Å²) >= 11 is 0. The zero-order chi connectivity index (χ0) is 10.6. The van der Waals surface area contributed by atoms with E-state index in [1.807, 2.05) is 6.92 Å². The Bertz CT molecular complexity index is 200. The highest BCUT2D eigenvalue weighted by Gasteiger charge is 2.35. The van der Waals surface area contributed by atoms with E-state index in [2.05, 4.69) is 5.32 Å². The standard InChI is InChI=1S/C10H19NO3/c1-10(4-2-3-5-10)9(14)11-6-8(13)7-12/h8,12-13H,2-7H2,1H3,(H,11,14). The molecule has 1 rings (SSSR count). The van der Waals surface area contributed by atoms with Gasteiger partial charge in [0.05, 0.1) is 12.7 Å². The van der Waals surface area contributed by atoms with Gasteiger partial charge in [0, 0.05) is 12.0 Å². The molecule has 3 N–H and O–H groups in total. The van der Waals surface area contributed by atoms with Gasteiger partial charge in [-0.2, -0.15) is 0 Å². The minimum absolute atomic E-state index is 0.00231. The number of nitrogens with one attached hydrogen (secondary N) is 1. The van der Waals surface area contributed by atoms with Crippen molar-refractivity contribution in [1.29, 1.82) is 0 Å². The highest BCUT2D eigenvalue weighted by Crippen LogP contribution is 2.37. The summed E-state index contributed by atoms with van der Waals surface area (Å²) in [7, 11) is 0. The molecule has 0 spiro atoms. The molecule has 1 saturated carbocycles. The summed E-state index contributed by atoms with van der Waals surface area (Å²) < 4.78 is 0. The van der Waals surface area contributed by atoms with E-state index in [0.717, 1.165) is 25.7 Å². The number of hydrogen-bond acceptors (Lipinski definition) is 3. The molecule has 0 aromatic carbocycles. The van der Waals surface area contributed by atoms with Gasteiger partial charge in [-0.25, -0.2) is 0 Å². The van der Waals surface area contributed by atoms with Crippen molar-refractivity contribution < 1.29 is 15.0 Å². The molecule has 0 aliphatic heterocycles. The third-order valence-corrected chi connectivity index (χ3v) is 2.96. The van der Waals surface area contributed by atoms with Gasteiger partial charge in [0.1, 0.15) is 0 Å². The van der Waals surface area contributed by atoms with Crippen molar-refractivity contribution in [1.82, 2.24) is 5.32 Å². The summed E-state index contributed by atoms with van der Waals surface area (Å²) in [4.78, 5) is 11.7. The average Bonchev–Trinajstić information content (AvgIpc) is 2.62. The largest absolute Gasteiger partial charge is 0.394 e. The van der Waals surface area contributed by atoms with Crippen LogP contribution in [0.4, 0.5) is 0 Å². The number of carbonyl (C=O) groups is 1. The lowest BCUT2D eigenvalue weighted by atomic mass is 9.88. The predicted molar refractivity (Wildman–Crippen MR) is 52.7 cm³/mol. The van der Waals surface area contributed by atoms with Crippen LogP contribution in [0.3, 0.4) is 0 Å². The molecule has 0 aromatic rings. The monoisotopic (exact) mass is 201 g/mol. The summed E-state index contributed by atoms with van der Waals surface area (Å²) in [5.41, 5.74) is -0.255. The predicted octanol–water partition coefficient (Wildman–Crippen LogP) is 0.0361. The lowest BCUT2D eigenvalue weighted by molar-refractivity contribution is -0.130. The SMILES string of the molecule is CC1(C(=O)NCC(O)CO)CCCC1. The first kappa shape index (κ1) is 11.5. The Labute approximate surface area is 84.3 Å². The van der Waals surface area contributed by atoms with Crippen molar-refractivity contribution in [3.8, 4) is 0 Å². The molecule has 4 heteroatoms. The third-order valence-electron chi connectivity index (χ3n) is 2.96. The minimum atomic E-state index is -0.844. The molecule has 1 unspecified atom stereocenters. The topological polar surface area (TPSA) is 69.6 Å². The van der Waals surface area contributed by atoms with E-state index in [1.54, 1.807) is 0 Å². The van der Waals surface area contributed by atoms with E-state index in [0.29, 0.717) is 0 Å². The van der Waals surface area contributed by atoms with E-state index >= 15 is 0 Å². The van der Waals surface area contributed by atoms with E-state index < -0.39 is 6.10 Å². The Balaban J connectivity index is 2.34. The maximum Gasteiger partial charge on any atom is 0.226 e. The minimum Gasteiger partial charge on any atom is -0.394 e. The van der Waals surface area contributed by atoms with Gasteiger partial charge >= 0.3 is 0 Å². The second-order valence-electron chi connectivity index (χ2n) is 4.31. The summed E-state index contributed by atoms with van der Waals surface area (Å²) in [5, 5.41) is 20.3. The number of amides is 1. The number of hydrogen-bond donors (Lipinski definition) is 3. The van der Waals surface area contributed by atoms with Crippen molar-refractivity contribution >= 4 is 5.91 Å². The van der Waals surface area contributed by atoms with Crippen LogP contribution in [-0.4, -0.2) is 35.4 Å². The Hall–Kier alpha value is -0.610. The zero-order valence-electron chi connectivity index (χ0n) is 8.62. The Kier molecular flexibility index (Phi) is 3.89. The quantitative estimate of drug-likeness (QED) is 0.601. The van der Waals surface area contributed by atoms with Crippen molar-refractivity contribution in [3.63, 3.8) is 0 Å². The van der Waals surface area contributed by atoms with Crippen LogP contribution >= 0.6 is 0 Å². The van der Waals surface area contributed by atoms with Crippen LogP contribution in [0.2, 0.25) is 0 Å². The van der Waals surface area contributed by atoms with E-state index in [1.165, 1.54) is 0 Å². The maximum atomic E-state index is 11.7. The maximum absolute atomic E-state index is 11.7. The molecule has 0 aromatic heterocycles. The molecule has 1 fully saturated rings. The smallest absolute Gasteiger partial charge is 0.226 e. The highest BCUT2D eigenvalue weighted by molar-refractivity contribution is 5.82. The molecule has 1 aliphatic carbocycles. The zero-order valence-corrected chi connectivity index (χ0v) is 8.62. The van der Waals surface area contributed by atoms with Gasteiger partial charge in [0.15, 0.2) is 0 Å². The van der Waals surface area contributed by atoms with Crippen molar-refractivity contribution in [2.45, 2.75) is 38.7 Å². The molecule has 0 saturated heterocycles. The second kappa shape index (κ2) is 4.75. The van der Waals surface area contributed by atoms with Gasteiger partial charge < -0.3 is 15.5 Å². The molecule has 0 radical (unpaired) electrons. The van der Waals surface area contributed by atoms with Gasteiger partial charge in [0.25, 0.3) is 0 Å². The summed E-state index contributed by atoms with van der Waals surface area (Å²) in [6, 6.07) is 0. The normalized spacial score (nSPS) is 21.9. The summed E-state index contributed by atoms with van der Waals surface area (Å²) in [6.45, 7) is 1.79. The number of aliphatic hydroxyl groups is 2. The van der Waals surface area contributed by atoms with E-state index in [-0.39, 0.29) is 24.5 Å². The third kappa shape index (κ3) is 2.69. The van der Waals surface area contributed by atoms with Crippen LogP contribution in [-0.2, 0) is 4.79 Å². The Morgan fingerprint density at radius 2 is 2.07 bits per heavy atom. The summed E-state index contributed by atoms with van der Waals surface area (Å²) in [6.07, 6.45) is 3.21. The number of carbonyl (C=O) groups excluding carboxylic acids is 1. The van der Waals surface area contributed by atoms with Gasteiger partial charge in [-0.15, -0.1) is 0 Å². The van der Waals surface area contributed by atoms with E-state index in [4.69, 9.17) is 10.2 Å². The molecule has 14 heavy (non-hydrogen) atoms. The molecule has 0 heterocycles. The van der Waals surface area contributed by atoms with Crippen LogP contribution in [0, 0.1) is 5.41 Å². The van der Waals surface area contributed by atoms with E-state index in [9.17, 15) is 4.79 Å². The fraction of sp³-hybridized carbons (Fsp3) is 0.900. The summed E-state index contributed by atoms with van der Waals surface area (Å²) in [5.74, 6) is 0.00231. The molecule has 1 aliphatic rings. The van der Waals surface area contributed by atoms with Gasteiger partial charge in [-0.3, -0.25) is 4.79 Å². The first-order chi connectivity index (χ1) is 6.58.